The molecule has 0 amide bonds. The van der Waals surface area contributed by atoms with Crippen molar-refractivity contribution in [1.82, 2.24) is 0 Å². The van der Waals surface area contributed by atoms with E-state index in [0.717, 1.165) is 0 Å². The summed E-state index contributed by atoms with van der Waals surface area (Å²) >= 11 is 1.91. The van der Waals surface area contributed by atoms with E-state index in [1.54, 1.807) is 5.19 Å². The molecule has 252 valence electrons. The van der Waals surface area contributed by atoms with Crippen molar-refractivity contribution in [2.45, 2.75) is 13.1 Å². The lowest BCUT2D eigenvalue weighted by molar-refractivity contribution is 1.68. The minimum atomic E-state index is -2.06. The zero-order valence-corrected chi connectivity index (χ0v) is 31.9. The van der Waals surface area contributed by atoms with Gasteiger partial charge in [0.15, 0.2) is 0 Å². The second-order valence-corrected chi connectivity index (χ2v) is 20.9. The third-order valence-electron chi connectivity index (χ3n) is 12.4. The summed E-state index contributed by atoms with van der Waals surface area (Å²) in [6.07, 6.45) is 0. The first-order chi connectivity index (χ1) is 26.6. The zero-order chi connectivity index (χ0) is 35.7. The summed E-state index contributed by atoms with van der Waals surface area (Å²) in [5.74, 6) is 0. The van der Waals surface area contributed by atoms with Crippen molar-refractivity contribution >= 4 is 104 Å². The van der Waals surface area contributed by atoms with E-state index in [1.165, 1.54) is 113 Å². The fraction of sp³-hybridized carbons (Fsp3) is 0.0385. The summed E-state index contributed by atoms with van der Waals surface area (Å²) in [5.41, 5.74) is 8.11. The van der Waals surface area contributed by atoms with Gasteiger partial charge in [-0.15, -0.1) is 11.3 Å². The number of benzene rings is 10. The van der Waals surface area contributed by atoms with E-state index in [2.05, 4.69) is 183 Å². The van der Waals surface area contributed by atoms with E-state index in [1.807, 2.05) is 11.3 Å². The molecule has 0 spiro atoms. The van der Waals surface area contributed by atoms with Crippen molar-refractivity contribution in [2.75, 3.05) is 0 Å². The summed E-state index contributed by atoms with van der Waals surface area (Å²) < 4.78 is 2.70. The van der Waals surface area contributed by atoms with Crippen LogP contribution in [0.4, 0.5) is 0 Å². The highest BCUT2D eigenvalue weighted by molar-refractivity contribution is 7.26. The summed E-state index contributed by atoms with van der Waals surface area (Å²) in [4.78, 5) is 0. The summed E-state index contributed by atoms with van der Waals surface area (Å²) in [7, 11) is -2.06. The van der Waals surface area contributed by atoms with Crippen molar-refractivity contribution in [3.8, 4) is 33.4 Å². The van der Waals surface area contributed by atoms with Crippen LogP contribution in [0.15, 0.2) is 170 Å². The molecule has 0 fully saturated rings. The van der Waals surface area contributed by atoms with Crippen molar-refractivity contribution in [1.29, 1.82) is 0 Å². The van der Waals surface area contributed by atoms with Gasteiger partial charge in [0, 0.05) is 25.7 Å². The zero-order valence-electron chi connectivity index (χ0n) is 30.1. The molecule has 12 rings (SSSR count). The number of fused-ring (bicyclic) bond motifs is 14. The largest absolute Gasteiger partial charge is 0.135 e. The van der Waals surface area contributed by atoms with E-state index in [-0.39, 0.29) is 0 Å². The van der Waals surface area contributed by atoms with Crippen LogP contribution in [0.5, 0.6) is 0 Å². The summed E-state index contributed by atoms with van der Waals surface area (Å²) in [6.45, 7) is 5.11. The van der Waals surface area contributed by atoms with Crippen LogP contribution in [-0.4, -0.2) is 8.07 Å². The van der Waals surface area contributed by atoms with Crippen LogP contribution in [0.25, 0.3) is 107 Å². The minimum absolute atomic E-state index is 1.31. The number of hydrogen-bond acceptors (Lipinski definition) is 1. The molecule has 1 aliphatic rings. The van der Waals surface area contributed by atoms with Gasteiger partial charge in [-0.1, -0.05) is 171 Å². The standard InChI is InChI=1S/C52H34SSi/c1-54(2)48-28-31(26-27-37(48)46-29-44-34-16-5-3-14-32(34)33-15-4-6-17-35(33)45(44)30-49(46)54)50-38-19-7-9-21-40(38)51(41-22-10-8-20-39(41)50)43-24-13-23-42-36-18-11-12-25-47(36)53-52(42)43/h3-30H,1-2H3. The minimum Gasteiger partial charge on any atom is -0.135 e. The molecule has 54 heavy (non-hydrogen) atoms. The van der Waals surface area contributed by atoms with Crippen molar-refractivity contribution in [2.24, 2.45) is 0 Å². The monoisotopic (exact) mass is 718 g/mol. The van der Waals surface area contributed by atoms with E-state index in [4.69, 9.17) is 0 Å². The Morgan fingerprint density at radius 2 is 0.815 bits per heavy atom. The maximum Gasteiger partial charge on any atom is 0.113 e. The average molecular weight is 719 g/mol. The molecule has 0 saturated carbocycles. The Hall–Kier alpha value is -6.06. The smallest absolute Gasteiger partial charge is 0.113 e. The SMILES string of the molecule is C[Si]1(C)c2cc(-c3c4ccccc4c(-c4cccc5c4sc4ccccc45)c4ccccc34)ccc2-c2cc3c4ccccc4c4ccccc4c3cc21. The molecule has 1 aliphatic heterocycles. The van der Waals surface area contributed by atoms with Gasteiger partial charge in [0.25, 0.3) is 0 Å². The molecule has 2 heterocycles. The van der Waals surface area contributed by atoms with Crippen LogP contribution < -0.4 is 10.4 Å². The molecule has 0 aliphatic carbocycles. The molecule has 0 nitrogen and oxygen atoms in total. The van der Waals surface area contributed by atoms with Gasteiger partial charge in [-0.3, -0.25) is 0 Å². The van der Waals surface area contributed by atoms with Crippen molar-refractivity contribution < 1.29 is 0 Å². The second-order valence-electron chi connectivity index (χ2n) is 15.5. The van der Waals surface area contributed by atoms with Gasteiger partial charge in [0.2, 0.25) is 0 Å². The van der Waals surface area contributed by atoms with Crippen LogP contribution >= 0.6 is 11.3 Å². The van der Waals surface area contributed by atoms with E-state index in [0.29, 0.717) is 0 Å². The molecular formula is C52H34SSi. The van der Waals surface area contributed by atoms with Crippen molar-refractivity contribution in [3.05, 3.63) is 170 Å². The topological polar surface area (TPSA) is 0 Å². The molecular weight excluding hydrogens is 685 g/mol. The number of thiophene rings is 1. The lowest BCUT2D eigenvalue weighted by Crippen LogP contribution is -2.49. The first-order valence-electron chi connectivity index (χ1n) is 18.9. The highest BCUT2D eigenvalue weighted by Gasteiger charge is 2.38. The summed E-state index contributed by atoms with van der Waals surface area (Å²) in [6, 6.07) is 64.4. The molecule has 0 atom stereocenters. The Morgan fingerprint density at radius 3 is 1.44 bits per heavy atom. The van der Waals surface area contributed by atoms with Gasteiger partial charge in [-0.2, -0.15) is 0 Å². The van der Waals surface area contributed by atoms with Crippen LogP contribution in [0.3, 0.4) is 0 Å². The maximum atomic E-state index is 2.57. The second kappa shape index (κ2) is 11.0. The highest BCUT2D eigenvalue weighted by atomic mass is 32.1. The average Bonchev–Trinajstić information content (AvgIpc) is 3.71. The molecule has 0 N–H and O–H groups in total. The van der Waals surface area contributed by atoms with E-state index in [9.17, 15) is 0 Å². The predicted octanol–water partition coefficient (Wildman–Crippen LogP) is 14.0. The third kappa shape index (κ3) is 4.02. The Bertz CT molecular complexity index is 3360. The van der Waals surface area contributed by atoms with Gasteiger partial charge in [-0.05, 0) is 104 Å². The lowest BCUT2D eigenvalue weighted by atomic mass is 9.85. The van der Waals surface area contributed by atoms with E-state index >= 15 is 0 Å². The van der Waals surface area contributed by atoms with Crippen molar-refractivity contribution in [3.63, 3.8) is 0 Å². The third-order valence-corrected chi connectivity index (χ3v) is 17.2. The molecule has 0 saturated heterocycles. The van der Waals surface area contributed by atoms with Gasteiger partial charge in [0.05, 0.1) is 0 Å². The molecule has 0 radical (unpaired) electrons. The molecule has 2 heteroatoms. The maximum absolute atomic E-state index is 2.57. The molecule has 0 bridgehead atoms. The number of rotatable bonds is 2. The Kier molecular flexibility index (Phi) is 6.19. The van der Waals surface area contributed by atoms with Gasteiger partial charge >= 0.3 is 0 Å². The molecule has 10 aromatic carbocycles. The molecule has 11 aromatic rings. The first-order valence-corrected chi connectivity index (χ1v) is 22.7. The van der Waals surface area contributed by atoms with Gasteiger partial charge < -0.3 is 0 Å². The quantitative estimate of drug-likeness (QED) is 0.0948. The number of hydrogen-bond donors (Lipinski definition) is 0. The fourth-order valence-electron chi connectivity index (χ4n) is 9.96. The van der Waals surface area contributed by atoms with Crippen LogP contribution in [0, 0.1) is 0 Å². The fourth-order valence-corrected chi connectivity index (χ4v) is 14.3. The normalized spacial score (nSPS) is 13.5. The summed E-state index contributed by atoms with van der Waals surface area (Å²) in [5, 5.41) is 19.1. The predicted molar refractivity (Wildman–Crippen MR) is 240 cm³/mol. The van der Waals surface area contributed by atoms with E-state index < -0.39 is 8.07 Å². The highest BCUT2D eigenvalue weighted by Crippen LogP contribution is 2.48. The lowest BCUT2D eigenvalue weighted by Gasteiger charge is -2.22. The van der Waals surface area contributed by atoms with Gasteiger partial charge in [-0.25, -0.2) is 0 Å². The first kappa shape index (κ1) is 30.4. The molecule has 0 unspecified atom stereocenters. The van der Waals surface area contributed by atoms with Crippen LogP contribution in [0.2, 0.25) is 13.1 Å². The Balaban J connectivity index is 1.11. The molecule has 1 aromatic heterocycles. The Morgan fingerprint density at radius 1 is 0.333 bits per heavy atom. The van der Waals surface area contributed by atoms with Crippen LogP contribution in [-0.2, 0) is 0 Å². The Labute approximate surface area is 318 Å². The van der Waals surface area contributed by atoms with Crippen LogP contribution in [0.1, 0.15) is 0 Å². The van der Waals surface area contributed by atoms with Gasteiger partial charge in [0.1, 0.15) is 8.07 Å².